The Bertz CT molecular complexity index is 1450. The number of benzene rings is 2. The van der Waals surface area contributed by atoms with Crippen molar-refractivity contribution in [2.75, 3.05) is 18.4 Å². The van der Waals surface area contributed by atoms with Crippen LogP contribution in [0.1, 0.15) is 18.4 Å². The molecule has 3 rings (SSSR count). The van der Waals surface area contributed by atoms with E-state index in [2.05, 4.69) is 15.0 Å². The lowest BCUT2D eigenvalue weighted by atomic mass is 10.2. The number of nitrogens with zero attached hydrogens (tertiary/aromatic N) is 2. The van der Waals surface area contributed by atoms with Crippen molar-refractivity contribution in [3.8, 4) is 0 Å². The highest BCUT2D eigenvalue weighted by Gasteiger charge is 2.36. The molecule has 1 aliphatic heterocycles. The minimum Gasteiger partial charge on any atom is -0.369 e. The third kappa shape index (κ3) is 7.19. The minimum absolute atomic E-state index is 0.0878. The predicted molar refractivity (Wildman–Crippen MR) is 138 cm³/mol. The summed E-state index contributed by atoms with van der Waals surface area (Å²) in [5.41, 5.74) is 11.3. The van der Waals surface area contributed by atoms with E-state index in [4.69, 9.17) is 11.5 Å². The molecule has 0 unspecified atom stereocenters. The number of amides is 4. The fourth-order valence-electron chi connectivity index (χ4n) is 3.62. The van der Waals surface area contributed by atoms with E-state index < -0.39 is 56.4 Å². The molecule has 2 aromatic rings. The molecule has 7 N–H and O–H groups in total. The first-order valence-electron chi connectivity index (χ1n) is 11.2. The van der Waals surface area contributed by atoms with Gasteiger partial charge in [0.1, 0.15) is 6.04 Å². The van der Waals surface area contributed by atoms with Crippen LogP contribution in [0.2, 0.25) is 0 Å². The second-order valence-corrected chi connectivity index (χ2v) is 11.6. The van der Waals surface area contributed by atoms with Gasteiger partial charge in [-0.05, 0) is 56.2 Å². The highest BCUT2D eigenvalue weighted by atomic mass is 32.2. The minimum atomic E-state index is -4.14. The molecule has 204 valence electrons. The van der Waals surface area contributed by atoms with Crippen molar-refractivity contribution in [3.05, 3.63) is 54.1 Å². The first-order chi connectivity index (χ1) is 17.8. The van der Waals surface area contributed by atoms with Crippen molar-refractivity contribution in [3.63, 3.8) is 0 Å². The van der Waals surface area contributed by atoms with Gasteiger partial charge in [0.25, 0.3) is 20.0 Å². The second kappa shape index (κ2) is 11.5. The molecule has 1 atom stereocenters. The standard InChI is InChI=1S/C22H27N7O7S2/c1-14-4-8-16(9-5-14)38(35,36)28-22(32)29-12-2-3-18(29)20(31)25-13-19(30)26-15-6-10-17(11-7-15)37(33,34)27-21(23)24/h4-11,18H,2-3,12-13H2,1H3,(H,25,31)(H,26,30)(H,28,32)(H4,23,24,27)/t18-/m0/s1. The zero-order valence-electron chi connectivity index (χ0n) is 20.2. The normalized spacial score (nSPS) is 15.4. The first kappa shape index (κ1) is 28.4. The third-order valence-electron chi connectivity index (χ3n) is 5.45. The quantitative estimate of drug-likeness (QED) is 0.207. The molecule has 4 amide bonds. The van der Waals surface area contributed by atoms with Crippen LogP contribution in [-0.2, 0) is 29.6 Å². The number of hydrogen-bond donors (Lipinski definition) is 5. The summed E-state index contributed by atoms with van der Waals surface area (Å²) in [6, 6.07) is 9.03. The van der Waals surface area contributed by atoms with Crippen LogP contribution in [0.15, 0.2) is 62.7 Å². The molecule has 16 heteroatoms. The zero-order valence-corrected chi connectivity index (χ0v) is 21.9. The first-order valence-corrected chi connectivity index (χ1v) is 14.1. The maximum atomic E-state index is 12.7. The van der Waals surface area contributed by atoms with Crippen LogP contribution in [-0.4, -0.2) is 64.7 Å². The lowest BCUT2D eigenvalue weighted by molar-refractivity contribution is -0.127. The number of nitrogens with two attached hydrogens (primary N) is 2. The number of sulfonamides is 2. The predicted octanol–water partition coefficient (Wildman–Crippen LogP) is -0.425. The van der Waals surface area contributed by atoms with Crippen LogP contribution in [0.25, 0.3) is 0 Å². The van der Waals surface area contributed by atoms with Crippen molar-refractivity contribution in [1.29, 1.82) is 0 Å². The van der Waals surface area contributed by atoms with Crippen molar-refractivity contribution in [2.24, 2.45) is 15.9 Å². The van der Waals surface area contributed by atoms with E-state index in [9.17, 15) is 31.2 Å². The van der Waals surface area contributed by atoms with Crippen LogP contribution in [0.3, 0.4) is 0 Å². The molecular formula is C22H27N7O7S2. The van der Waals surface area contributed by atoms with Crippen molar-refractivity contribution in [2.45, 2.75) is 35.6 Å². The van der Waals surface area contributed by atoms with Crippen LogP contribution < -0.4 is 26.8 Å². The lowest BCUT2D eigenvalue weighted by Crippen LogP contribution is -2.51. The zero-order chi connectivity index (χ0) is 28.1. The largest absolute Gasteiger partial charge is 0.369 e. The number of carbonyl (C=O) groups is 3. The molecule has 1 aliphatic rings. The average molecular weight is 566 g/mol. The van der Waals surface area contributed by atoms with Gasteiger partial charge in [-0.3, -0.25) is 9.59 Å². The van der Waals surface area contributed by atoms with E-state index in [1.165, 1.54) is 36.4 Å². The van der Waals surface area contributed by atoms with Gasteiger partial charge < -0.3 is 27.0 Å². The van der Waals surface area contributed by atoms with Gasteiger partial charge in [-0.15, -0.1) is 4.40 Å². The van der Waals surface area contributed by atoms with Gasteiger partial charge in [-0.2, -0.15) is 8.42 Å². The van der Waals surface area contributed by atoms with Gasteiger partial charge >= 0.3 is 6.03 Å². The van der Waals surface area contributed by atoms with Crippen molar-refractivity contribution >= 4 is 49.5 Å². The van der Waals surface area contributed by atoms with Crippen LogP contribution in [0.5, 0.6) is 0 Å². The van der Waals surface area contributed by atoms with E-state index >= 15 is 0 Å². The number of carbonyl (C=O) groups excluding carboxylic acids is 3. The Balaban J connectivity index is 1.55. The van der Waals surface area contributed by atoms with Crippen LogP contribution in [0.4, 0.5) is 10.5 Å². The van der Waals surface area contributed by atoms with Gasteiger partial charge in [0.2, 0.25) is 17.8 Å². The number of anilines is 1. The number of guanidine groups is 1. The Morgan fingerprint density at radius 2 is 1.58 bits per heavy atom. The number of likely N-dealkylation sites (tertiary alicyclic amines) is 1. The molecular weight excluding hydrogens is 538 g/mol. The molecule has 0 saturated carbocycles. The molecule has 1 fully saturated rings. The summed E-state index contributed by atoms with van der Waals surface area (Å²) in [4.78, 5) is 38.4. The number of hydrogen-bond acceptors (Lipinski definition) is 7. The molecule has 2 aromatic carbocycles. The lowest BCUT2D eigenvalue weighted by Gasteiger charge is -2.24. The molecule has 1 heterocycles. The number of nitrogens with one attached hydrogen (secondary N) is 3. The summed E-state index contributed by atoms with van der Waals surface area (Å²) in [5, 5.41) is 4.91. The van der Waals surface area contributed by atoms with Gasteiger partial charge in [-0.25, -0.2) is 17.9 Å². The SMILES string of the molecule is Cc1ccc(S(=O)(=O)NC(=O)N2CCC[C@H]2C(=O)NCC(=O)Nc2ccc(S(=O)(=O)N=C(N)N)cc2)cc1. The molecule has 1 saturated heterocycles. The van der Waals surface area contributed by atoms with E-state index in [0.29, 0.717) is 6.42 Å². The Morgan fingerprint density at radius 3 is 2.18 bits per heavy atom. The third-order valence-corrected chi connectivity index (χ3v) is 8.11. The molecule has 14 nitrogen and oxygen atoms in total. The number of rotatable bonds is 8. The van der Waals surface area contributed by atoms with E-state index in [-0.39, 0.29) is 28.4 Å². The number of urea groups is 1. The van der Waals surface area contributed by atoms with E-state index in [1.807, 2.05) is 4.72 Å². The van der Waals surface area contributed by atoms with E-state index in [1.54, 1.807) is 19.1 Å². The summed E-state index contributed by atoms with van der Waals surface area (Å²) in [5.74, 6) is -1.86. The van der Waals surface area contributed by atoms with Crippen molar-refractivity contribution in [1.82, 2.24) is 14.9 Å². The maximum absolute atomic E-state index is 12.7. The molecule has 0 aromatic heterocycles. The van der Waals surface area contributed by atoms with Crippen LogP contribution >= 0.6 is 0 Å². The van der Waals surface area contributed by atoms with Gasteiger partial charge in [0.15, 0.2) is 0 Å². The van der Waals surface area contributed by atoms with Crippen LogP contribution in [0, 0.1) is 6.92 Å². The van der Waals surface area contributed by atoms with Crippen molar-refractivity contribution < 1.29 is 31.2 Å². The highest BCUT2D eigenvalue weighted by Crippen LogP contribution is 2.19. The topological polar surface area (TPSA) is 223 Å². The molecule has 0 aliphatic carbocycles. The summed E-state index contributed by atoms with van der Waals surface area (Å²) >= 11 is 0. The Hall–Kier alpha value is -4.18. The molecule has 0 radical (unpaired) electrons. The average Bonchev–Trinajstić information content (AvgIpc) is 3.32. The Kier molecular flexibility index (Phi) is 8.57. The summed E-state index contributed by atoms with van der Waals surface area (Å²) in [7, 11) is -8.22. The summed E-state index contributed by atoms with van der Waals surface area (Å²) in [6.45, 7) is 1.51. The molecule has 0 bridgehead atoms. The van der Waals surface area contributed by atoms with Gasteiger partial charge in [0, 0.05) is 12.2 Å². The Labute approximate surface area is 219 Å². The molecule has 0 spiro atoms. The second-order valence-electron chi connectivity index (χ2n) is 8.36. The summed E-state index contributed by atoms with van der Waals surface area (Å²) in [6.07, 6.45) is 0.759. The fraction of sp³-hybridized carbons (Fsp3) is 0.273. The van der Waals surface area contributed by atoms with Gasteiger partial charge in [-0.1, -0.05) is 17.7 Å². The van der Waals surface area contributed by atoms with E-state index in [0.717, 1.165) is 10.5 Å². The molecule has 38 heavy (non-hydrogen) atoms. The highest BCUT2D eigenvalue weighted by molar-refractivity contribution is 7.90. The van der Waals surface area contributed by atoms with Gasteiger partial charge in [0.05, 0.1) is 16.3 Å². The Morgan fingerprint density at radius 1 is 0.974 bits per heavy atom. The number of aryl methyl sites for hydroxylation is 1. The maximum Gasteiger partial charge on any atom is 0.331 e. The summed E-state index contributed by atoms with van der Waals surface area (Å²) < 4.78 is 54.1. The smallest absolute Gasteiger partial charge is 0.331 e. The monoisotopic (exact) mass is 565 g/mol. The fourth-order valence-corrected chi connectivity index (χ4v) is 5.45.